The van der Waals surface area contributed by atoms with E-state index in [-0.39, 0.29) is 24.6 Å². The Labute approximate surface area is 160 Å². The molecule has 1 amide bonds. The highest BCUT2D eigenvalue weighted by molar-refractivity contribution is 9.10. The molecule has 1 aromatic heterocycles. The molecular formula is C19H20BrN3O3. The highest BCUT2D eigenvalue weighted by Gasteiger charge is 2.20. The number of anilines is 1. The molecule has 26 heavy (non-hydrogen) atoms. The van der Waals surface area contributed by atoms with Crippen molar-refractivity contribution in [1.82, 2.24) is 4.57 Å². The average molecular weight is 418 g/mol. The number of ether oxygens (including phenoxy) is 1. The predicted octanol–water partition coefficient (Wildman–Crippen LogP) is 3.19. The number of halogens is 1. The summed E-state index contributed by atoms with van der Waals surface area (Å²) < 4.78 is 6.97. The number of hydrogen-bond donors (Lipinski definition) is 1. The van der Waals surface area contributed by atoms with Crippen LogP contribution in [0.1, 0.15) is 27.9 Å². The maximum atomic E-state index is 12.7. The molecule has 1 heterocycles. The lowest BCUT2D eigenvalue weighted by atomic mass is 10.1. The van der Waals surface area contributed by atoms with E-state index in [0.717, 1.165) is 16.8 Å². The molecule has 6 nitrogen and oxygen atoms in total. The predicted molar refractivity (Wildman–Crippen MR) is 103 cm³/mol. The van der Waals surface area contributed by atoms with Crippen molar-refractivity contribution in [3.63, 3.8) is 0 Å². The Morgan fingerprint density at radius 1 is 1.31 bits per heavy atom. The molecule has 2 rings (SSSR count). The monoisotopic (exact) mass is 417 g/mol. The molecule has 0 aliphatic rings. The molecule has 136 valence electrons. The van der Waals surface area contributed by atoms with Crippen molar-refractivity contribution in [3.8, 4) is 6.07 Å². The number of nitrogens with zero attached hydrogens (tertiary/aromatic N) is 2. The van der Waals surface area contributed by atoms with Crippen molar-refractivity contribution in [1.29, 1.82) is 5.26 Å². The highest BCUT2D eigenvalue weighted by atomic mass is 79.9. The quantitative estimate of drug-likeness (QED) is 0.809. The SMILES string of the molecule is COCc1c(Br)c(C)n(CC(=O)Nc2c(C)cccc2C)c(=O)c1C#N. The maximum Gasteiger partial charge on any atom is 0.269 e. The number of aromatic nitrogens is 1. The number of hydrogen-bond acceptors (Lipinski definition) is 4. The molecule has 1 N–H and O–H groups in total. The molecular weight excluding hydrogens is 398 g/mol. The molecule has 0 unspecified atom stereocenters. The van der Waals surface area contributed by atoms with Crippen LogP contribution < -0.4 is 10.9 Å². The minimum atomic E-state index is -0.503. The molecule has 0 bridgehead atoms. The Bertz CT molecular complexity index is 938. The fourth-order valence-electron chi connectivity index (χ4n) is 2.78. The van der Waals surface area contributed by atoms with Gasteiger partial charge in [-0.2, -0.15) is 5.26 Å². The lowest BCUT2D eigenvalue weighted by molar-refractivity contribution is -0.116. The van der Waals surface area contributed by atoms with Gasteiger partial charge >= 0.3 is 0 Å². The first kappa shape index (κ1) is 19.9. The van der Waals surface area contributed by atoms with Crippen LogP contribution in [0.2, 0.25) is 0 Å². The van der Waals surface area contributed by atoms with Crippen LogP contribution in [-0.4, -0.2) is 17.6 Å². The van der Waals surface area contributed by atoms with Crippen LogP contribution >= 0.6 is 15.9 Å². The largest absolute Gasteiger partial charge is 0.380 e. The molecule has 1 aromatic carbocycles. The van der Waals surface area contributed by atoms with E-state index < -0.39 is 5.56 Å². The fourth-order valence-corrected chi connectivity index (χ4v) is 3.31. The third-order valence-corrected chi connectivity index (χ3v) is 5.25. The zero-order valence-electron chi connectivity index (χ0n) is 15.1. The van der Waals surface area contributed by atoms with Crippen molar-refractivity contribution in [2.45, 2.75) is 33.9 Å². The van der Waals surface area contributed by atoms with E-state index in [1.807, 2.05) is 38.1 Å². The Hall–Kier alpha value is -2.43. The number of aryl methyl sites for hydroxylation is 2. The van der Waals surface area contributed by atoms with Crippen LogP contribution in [0, 0.1) is 32.1 Å². The number of pyridine rings is 1. The molecule has 2 aromatic rings. The van der Waals surface area contributed by atoms with E-state index in [0.29, 0.717) is 15.7 Å². The third kappa shape index (κ3) is 3.87. The molecule has 0 spiro atoms. The Morgan fingerprint density at radius 2 is 1.92 bits per heavy atom. The molecule has 0 radical (unpaired) electrons. The van der Waals surface area contributed by atoms with Gasteiger partial charge in [0.05, 0.1) is 6.61 Å². The lowest BCUT2D eigenvalue weighted by Gasteiger charge is -2.17. The fraction of sp³-hybridized carbons (Fsp3) is 0.316. The minimum absolute atomic E-state index is 0.0239. The zero-order valence-corrected chi connectivity index (χ0v) is 16.7. The lowest BCUT2D eigenvalue weighted by Crippen LogP contribution is -2.32. The second-order valence-electron chi connectivity index (χ2n) is 6.00. The van der Waals surface area contributed by atoms with Crippen LogP contribution in [0.25, 0.3) is 0 Å². The van der Waals surface area contributed by atoms with E-state index in [2.05, 4.69) is 21.2 Å². The van der Waals surface area contributed by atoms with Crippen molar-refractivity contribution < 1.29 is 9.53 Å². The van der Waals surface area contributed by atoms with E-state index in [1.165, 1.54) is 11.7 Å². The zero-order chi connectivity index (χ0) is 19.4. The van der Waals surface area contributed by atoms with Crippen LogP contribution in [0.15, 0.2) is 27.5 Å². The summed E-state index contributed by atoms with van der Waals surface area (Å²) in [6.07, 6.45) is 0. The first-order valence-electron chi connectivity index (χ1n) is 7.98. The van der Waals surface area contributed by atoms with Gasteiger partial charge in [-0.1, -0.05) is 18.2 Å². The Balaban J connectivity index is 2.41. The number of para-hydroxylation sites is 1. The molecule has 0 aliphatic heterocycles. The molecule has 0 aliphatic carbocycles. The van der Waals surface area contributed by atoms with Crippen molar-refractivity contribution >= 4 is 27.5 Å². The summed E-state index contributed by atoms with van der Waals surface area (Å²) in [5.74, 6) is -0.331. The number of carbonyl (C=O) groups excluding carboxylic acids is 1. The van der Waals surface area contributed by atoms with Crippen LogP contribution in [0.5, 0.6) is 0 Å². The van der Waals surface area contributed by atoms with Crippen LogP contribution in [0.4, 0.5) is 5.69 Å². The standard InChI is InChI=1S/C19H20BrN3O3/c1-11-6-5-7-12(2)18(11)22-16(24)9-23-13(3)17(20)15(10-26-4)14(8-21)19(23)25/h5-7H,9-10H2,1-4H3,(H,22,24). The average Bonchev–Trinajstić information content (AvgIpc) is 2.60. The molecule has 0 saturated carbocycles. The smallest absolute Gasteiger partial charge is 0.269 e. The van der Waals surface area contributed by atoms with Crippen molar-refractivity contribution in [3.05, 3.63) is 61.0 Å². The maximum absolute atomic E-state index is 12.7. The number of benzene rings is 1. The third-order valence-electron chi connectivity index (χ3n) is 4.20. The second kappa shape index (κ2) is 8.30. The normalized spacial score (nSPS) is 10.5. The van der Waals surface area contributed by atoms with Gasteiger partial charge in [0.1, 0.15) is 18.2 Å². The van der Waals surface area contributed by atoms with E-state index >= 15 is 0 Å². The number of nitriles is 1. The summed E-state index contributed by atoms with van der Waals surface area (Å²) >= 11 is 3.42. The van der Waals surface area contributed by atoms with Gasteiger partial charge in [-0.3, -0.25) is 9.59 Å². The van der Waals surface area contributed by atoms with Gasteiger partial charge in [0.25, 0.3) is 5.56 Å². The van der Waals surface area contributed by atoms with Crippen molar-refractivity contribution in [2.75, 3.05) is 12.4 Å². The first-order valence-corrected chi connectivity index (χ1v) is 8.78. The summed E-state index contributed by atoms with van der Waals surface area (Å²) in [6, 6.07) is 7.65. The second-order valence-corrected chi connectivity index (χ2v) is 6.80. The summed E-state index contributed by atoms with van der Waals surface area (Å²) in [4.78, 5) is 25.2. The molecule has 0 atom stereocenters. The number of methoxy groups -OCH3 is 1. The topological polar surface area (TPSA) is 84.1 Å². The number of carbonyl (C=O) groups is 1. The molecule has 0 saturated heterocycles. The van der Waals surface area contributed by atoms with Gasteiger partial charge in [-0.05, 0) is 47.8 Å². The van der Waals surface area contributed by atoms with Crippen LogP contribution in [0.3, 0.4) is 0 Å². The van der Waals surface area contributed by atoms with Crippen LogP contribution in [-0.2, 0) is 22.7 Å². The summed E-state index contributed by atoms with van der Waals surface area (Å²) in [5.41, 5.74) is 3.15. The highest BCUT2D eigenvalue weighted by Crippen LogP contribution is 2.24. The summed E-state index contributed by atoms with van der Waals surface area (Å²) in [5, 5.41) is 12.2. The van der Waals surface area contributed by atoms with Gasteiger partial charge in [-0.25, -0.2) is 0 Å². The van der Waals surface area contributed by atoms with E-state index in [9.17, 15) is 14.9 Å². The first-order chi connectivity index (χ1) is 12.3. The van der Waals surface area contributed by atoms with Gasteiger partial charge in [0, 0.05) is 28.5 Å². The van der Waals surface area contributed by atoms with E-state index in [1.54, 1.807) is 6.92 Å². The summed E-state index contributed by atoms with van der Waals surface area (Å²) in [7, 11) is 1.49. The Kier molecular flexibility index (Phi) is 6.35. The number of amides is 1. The molecule has 0 fully saturated rings. The summed E-state index contributed by atoms with van der Waals surface area (Å²) in [6.45, 7) is 5.49. The van der Waals surface area contributed by atoms with E-state index in [4.69, 9.17) is 4.74 Å². The molecule has 7 heteroatoms. The number of rotatable bonds is 5. The van der Waals surface area contributed by atoms with Gasteiger partial charge in [0.15, 0.2) is 0 Å². The van der Waals surface area contributed by atoms with Crippen molar-refractivity contribution in [2.24, 2.45) is 0 Å². The minimum Gasteiger partial charge on any atom is -0.380 e. The van der Waals surface area contributed by atoms with Gasteiger partial charge in [0.2, 0.25) is 5.91 Å². The Morgan fingerprint density at radius 3 is 2.46 bits per heavy atom. The number of nitrogens with one attached hydrogen (secondary N) is 1. The van der Waals surface area contributed by atoms with Gasteiger partial charge in [-0.15, -0.1) is 0 Å². The van der Waals surface area contributed by atoms with Gasteiger partial charge < -0.3 is 14.6 Å².